The number of anilines is 2. The van der Waals surface area contributed by atoms with Crippen LogP contribution in [0.2, 0.25) is 0 Å². The van der Waals surface area contributed by atoms with Crippen molar-refractivity contribution in [1.82, 2.24) is 4.98 Å². The number of aliphatic carboxylic acids is 1. The maximum atomic E-state index is 11.3. The second kappa shape index (κ2) is 5.15. The second-order valence-electron chi connectivity index (χ2n) is 5.58. The minimum atomic E-state index is -0.764. The minimum absolute atomic E-state index is 0.433. The first kappa shape index (κ1) is 14.1. The molecule has 2 aromatic rings. The molecular formula is C16H18N2O2S. The van der Waals surface area contributed by atoms with Gasteiger partial charge < -0.3 is 10.0 Å². The van der Waals surface area contributed by atoms with Gasteiger partial charge in [-0.05, 0) is 38.3 Å². The number of nitrogens with zero attached hydrogens (tertiary/aromatic N) is 2. The molecule has 1 aromatic carbocycles. The number of carboxylic acids is 1. The van der Waals surface area contributed by atoms with Crippen molar-refractivity contribution in [2.24, 2.45) is 0 Å². The van der Waals surface area contributed by atoms with Crippen LogP contribution < -0.4 is 4.90 Å². The summed E-state index contributed by atoms with van der Waals surface area (Å²) in [5, 5.41) is 10.1. The highest BCUT2D eigenvalue weighted by atomic mass is 32.1. The molecule has 4 nitrogen and oxygen atoms in total. The Hall–Kier alpha value is -1.88. The highest BCUT2D eigenvalue weighted by Gasteiger charge is 2.33. The van der Waals surface area contributed by atoms with Gasteiger partial charge in [0, 0.05) is 17.6 Å². The quantitative estimate of drug-likeness (QED) is 0.940. The van der Waals surface area contributed by atoms with E-state index in [1.54, 1.807) is 11.3 Å². The lowest BCUT2D eigenvalue weighted by molar-refractivity contribution is -0.138. The molecule has 0 bridgehead atoms. The lowest BCUT2D eigenvalue weighted by Crippen LogP contribution is -2.12. The zero-order chi connectivity index (χ0) is 15.1. The highest BCUT2D eigenvalue weighted by molar-refractivity contribution is 7.15. The number of carbonyl (C=O) groups is 1. The lowest BCUT2D eigenvalue weighted by atomic mass is 10.1. The van der Waals surface area contributed by atoms with Gasteiger partial charge in [0.1, 0.15) is 5.92 Å². The fourth-order valence-electron chi connectivity index (χ4n) is 2.88. The number of hydrogen-bond acceptors (Lipinski definition) is 4. The Morgan fingerprint density at radius 3 is 2.86 bits per heavy atom. The molecule has 21 heavy (non-hydrogen) atoms. The Kier molecular flexibility index (Phi) is 3.45. The molecule has 5 heteroatoms. The number of benzene rings is 1. The second-order valence-corrected chi connectivity index (χ2v) is 6.65. The molecule has 0 aliphatic heterocycles. The summed E-state index contributed by atoms with van der Waals surface area (Å²) in [5.74, 6) is -1.20. The van der Waals surface area contributed by atoms with Gasteiger partial charge in [-0.1, -0.05) is 17.7 Å². The summed E-state index contributed by atoms with van der Waals surface area (Å²) in [6.07, 6.45) is 1.50. The van der Waals surface area contributed by atoms with Crippen LogP contribution in [0.4, 0.5) is 10.8 Å². The molecule has 1 unspecified atom stereocenters. The van der Waals surface area contributed by atoms with Crippen LogP contribution in [-0.4, -0.2) is 23.1 Å². The van der Waals surface area contributed by atoms with Gasteiger partial charge in [0.25, 0.3) is 0 Å². The van der Waals surface area contributed by atoms with E-state index in [9.17, 15) is 9.90 Å². The molecule has 0 amide bonds. The van der Waals surface area contributed by atoms with Gasteiger partial charge in [0.05, 0.1) is 5.69 Å². The zero-order valence-corrected chi connectivity index (χ0v) is 13.2. The van der Waals surface area contributed by atoms with E-state index in [1.807, 2.05) is 7.05 Å². The number of aryl methyl sites for hydroxylation is 3. The summed E-state index contributed by atoms with van der Waals surface area (Å²) in [5.41, 5.74) is 4.30. The van der Waals surface area contributed by atoms with E-state index >= 15 is 0 Å². The van der Waals surface area contributed by atoms with Crippen LogP contribution in [0.5, 0.6) is 0 Å². The maximum absolute atomic E-state index is 11.3. The van der Waals surface area contributed by atoms with Gasteiger partial charge in [0.15, 0.2) is 5.13 Å². The topological polar surface area (TPSA) is 53.4 Å². The largest absolute Gasteiger partial charge is 0.481 e. The third-order valence-corrected chi connectivity index (χ3v) is 5.21. The Labute approximate surface area is 128 Å². The highest BCUT2D eigenvalue weighted by Crippen LogP contribution is 2.41. The third kappa shape index (κ3) is 2.42. The molecule has 110 valence electrons. The van der Waals surface area contributed by atoms with Crippen molar-refractivity contribution < 1.29 is 9.90 Å². The number of carboxylic acid groups (broad SMARTS) is 1. The van der Waals surface area contributed by atoms with Crippen LogP contribution in [0.15, 0.2) is 18.2 Å². The molecule has 0 saturated carbocycles. The molecule has 1 atom stereocenters. The predicted octanol–water partition coefficient (Wildman–Crippen LogP) is 3.64. The van der Waals surface area contributed by atoms with Gasteiger partial charge in [-0.25, -0.2) is 4.98 Å². The molecule has 0 fully saturated rings. The van der Waals surface area contributed by atoms with Crippen molar-refractivity contribution in [3.8, 4) is 0 Å². The Morgan fingerprint density at radius 2 is 2.19 bits per heavy atom. The predicted molar refractivity (Wildman–Crippen MR) is 84.8 cm³/mol. The molecule has 0 saturated heterocycles. The van der Waals surface area contributed by atoms with Crippen molar-refractivity contribution >= 4 is 28.1 Å². The molecule has 3 rings (SSSR count). The number of thiazole rings is 1. The van der Waals surface area contributed by atoms with Crippen LogP contribution >= 0.6 is 11.3 Å². The van der Waals surface area contributed by atoms with Gasteiger partial charge in [-0.15, -0.1) is 11.3 Å². The third-order valence-electron chi connectivity index (χ3n) is 4.01. The molecule has 1 aromatic heterocycles. The summed E-state index contributed by atoms with van der Waals surface area (Å²) in [6.45, 7) is 4.16. The smallest absolute Gasteiger partial charge is 0.312 e. The van der Waals surface area contributed by atoms with Gasteiger partial charge in [0.2, 0.25) is 0 Å². The Bertz CT molecular complexity index is 708. The maximum Gasteiger partial charge on any atom is 0.312 e. The molecule has 1 heterocycles. The summed E-state index contributed by atoms with van der Waals surface area (Å²) < 4.78 is 0. The van der Waals surface area contributed by atoms with Crippen molar-refractivity contribution in [3.05, 3.63) is 39.9 Å². The van der Waals surface area contributed by atoms with E-state index in [2.05, 4.69) is 41.9 Å². The monoisotopic (exact) mass is 302 g/mol. The molecular weight excluding hydrogens is 284 g/mol. The molecule has 1 aliphatic carbocycles. The van der Waals surface area contributed by atoms with Crippen molar-refractivity contribution in [2.45, 2.75) is 32.6 Å². The first-order chi connectivity index (χ1) is 9.97. The van der Waals surface area contributed by atoms with Crippen molar-refractivity contribution in [1.29, 1.82) is 0 Å². The van der Waals surface area contributed by atoms with Gasteiger partial charge in [-0.2, -0.15) is 0 Å². The van der Waals surface area contributed by atoms with Crippen LogP contribution in [0.3, 0.4) is 0 Å². The van der Waals surface area contributed by atoms with Crippen LogP contribution in [-0.2, 0) is 11.2 Å². The molecule has 0 radical (unpaired) electrons. The van der Waals surface area contributed by atoms with E-state index in [0.29, 0.717) is 6.42 Å². The van der Waals surface area contributed by atoms with E-state index in [1.165, 1.54) is 11.1 Å². The van der Waals surface area contributed by atoms with Crippen LogP contribution in [0.25, 0.3) is 0 Å². The molecule has 0 spiro atoms. The van der Waals surface area contributed by atoms with Gasteiger partial charge in [-0.3, -0.25) is 4.79 Å². The fourth-order valence-corrected chi connectivity index (χ4v) is 3.99. The zero-order valence-electron chi connectivity index (χ0n) is 12.4. The molecule has 1 N–H and O–H groups in total. The average Bonchev–Trinajstić information content (AvgIpc) is 2.96. The summed E-state index contributed by atoms with van der Waals surface area (Å²) in [4.78, 5) is 19.0. The van der Waals surface area contributed by atoms with Crippen LogP contribution in [0, 0.1) is 13.8 Å². The Balaban J connectivity index is 1.95. The van der Waals surface area contributed by atoms with Crippen molar-refractivity contribution in [3.63, 3.8) is 0 Å². The lowest BCUT2D eigenvalue weighted by Gasteiger charge is -2.19. The number of aromatic nitrogens is 1. The summed E-state index contributed by atoms with van der Waals surface area (Å²) >= 11 is 1.61. The van der Waals surface area contributed by atoms with E-state index in [-0.39, 0.29) is 0 Å². The SMILES string of the molecule is Cc1ccc(N(C)c2nc3c(s2)CCC3C(=O)O)c(C)c1. The number of fused-ring (bicyclic) bond motifs is 1. The normalized spacial score (nSPS) is 16.8. The van der Waals surface area contributed by atoms with Gasteiger partial charge >= 0.3 is 5.97 Å². The molecule has 1 aliphatic rings. The number of rotatable bonds is 3. The van der Waals surface area contributed by atoms with E-state index in [0.717, 1.165) is 27.8 Å². The van der Waals surface area contributed by atoms with Crippen LogP contribution in [0.1, 0.15) is 34.0 Å². The fraction of sp³-hybridized carbons (Fsp3) is 0.375. The van der Waals surface area contributed by atoms with E-state index in [4.69, 9.17) is 0 Å². The summed E-state index contributed by atoms with van der Waals surface area (Å²) in [7, 11) is 1.99. The van der Waals surface area contributed by atoms with E-state index < -0.39 is 11.9 Å². The van der Waals surface area contributed by atoms with Crippen molar-refractivity contribution in [2.75, 3.05) is 11.9 Å². The Morgan fingerprint density at radius 1 is 1.43 bits per heavy atom. The summed E-state index contributed by atoms with van der Waals surface area (Å²) in [6, 6.07) is 6.32. The standard InChI is InChI=1S/C16H18N2O2S/c1-9-4-6-12(10(2)8-9)18(3)16-17-14-11(15(19)20)5-7-13(14)21-16/h4,6,8,11H,5,7H2,1-3H3,(H,19,20). The average molecular weight is 302 g/mol. The first-order valence-corrected chi connectivity index (χ1v) is 7.82. The number of hydrogen-bond donors (Lipinski definition) is 1. The minimum Gasteiger partial charge on any atom is -0.481 e. The first-order valence-electron chi connectivity index (χ1n) is 7.00.